The summed E-state index contributed by atoms with van der Waals surface area (Å²) in [6, 6.07) is 0.501. The Kier molecular flexibility index (Phi) is 6.17. The molecular weight excluding hydrogens is 256 g/mol. The van der Waals surface area contributed by atoms with Gasteiger partial charge in [-0.2, -0.15) is 16.9 Å². The molecule has 1 atom stereocenters. The Hall–Kier alpha value is -0.550. The molecule has 1 aromatic heterocycles. The highest BCUT2D eigenvalue weighted by Crippen LogP contribution is 2.28. The minimum Gasteiger partial charge on any atom is -0.316 e. The monoisotopic (exact) mass is 282 g/mol. The Labute approximate surface area is 120 Å². The number of hydrogen-bond acceptors (Lipinski definition) is 4. The molecule has 19 heavy (non-hydrogen) atoms. The van der Waals surface area contributed by atoms with Gasteiger partial charge in [0.15, 0.2) is 0 Å². The lowest BCUT2D eigenvalue weighted by Crippen LogP contribution is -2.32. The zero-order valence-electron chi connectivity index (χ0n) is 12.1. The quantitative estimate of drug-likeness (QED) is 0.834. The predicted octanol–water partition coefficient (Wildman–Crippen LogP) is 2.49. The molecule has 1 saturated carbocycles. The minimum absolute atomic E-state index is 0.501. The van der Waals surface area contributed by atoms with Crippen molar-refractivity contribution in [1.82, 2.24) is 20.1 Å². The van der Waals surface area contributed by atoms with Crippen LogP contribution in [0.1, 0.15) is 44.9 Å². The summed E-state index contributed by atoms with van der Waals surface area (Å²) in [7, 11) is 2.05. The van der Waals surface area contributed by atoms with Crippen LogP contribution >= 0.6 is 11.8 Å². The van der Waals surface area contributed by atoms with Crippen LogP contribution in [0.15, 0.2) is 6.33 Å². The van der Waals surface area contributed by atoms with Gasteiger partial charge in [-0.05, 0) is 26.8 Å². The van der Waals surface area contributed by atoms with E-state index in [4.69, 9.17) is 0 Å². The summed E-state index contributed by atoms with van der Waals surface area (Å²) in [4.78, 5) is 4.37. The van der Waals surface area contributed by atoms with Crippen molar-refractivity contribution in [2.45, 2.75) is 63.3 Å². The molecule has 4 nitrogen and oxygen atoms in total. The number of hydrogen-bond donors (Lipinski definition) is 1. The fourth-order valence-electron chi connectivity index (χ4n) is 2.66. The third kappa shape index (κ3) is 4.49. The molecule has 0 radical (unpaired) electrons. The van der Waals surface area contributed by atoms with Crippen LogP contribution in [0, 0.1) is 0 Å². The molecule has 5 heteroatoms. The number of thioether (sulfide) groups is 1. The van der Waals surface area contributed by atoms with E-state index < -0.39 is 0 Å². The smallest absolute Gasteiger partial charge is 0.138 e. The van der Waals surface area contributed by atoms with Crippen molar-refractivity contribution in [2.75, 3.05) is 12.8 Å². The molecule has 1 fully saturated rings. The minimum atomic E-state index is 0.501. The lowest BCUT2D eigenvalue weighted by Gasteiger charge is -2.23. The highest BCUT2D eigenvalue weighted by molar-refractivity contribution is 7.99. The van der Waals surface area contributed by atoms with Crippen molar-refractivity contribution in [3.63, 3.8) is 0 Å². The van der Waals surface area contributed by atoms with Gasteiger partial charge in [-0.25, -0.2) is 4.98 Å². The normalized spacial score (nSPS) is 18.6. The van der Waals surface area contributed by atoms with E-state index in [1.807, 2.05) is 4.68 Å². The first kappa shape index (κ1) is 14.9. The molecule has 0 spiro atoms. The van der Waals surface area contributed by atoms with Crippen molar-refractivity contribution in [1.29, 1.82) is 0 Å². The van der Waals surface area contributed by atoms with Gasteiger partial charge in [0.25, 0.3) is 0 Å². The molecule has 1 aromatic rings. The summed E-state index contributed by atoms with van der Waals surface area (Å²) in [5, 5.41) is 8.56. The van der Waals surface area contributed by atoms with Gasteiger partial charge in [0.1, 0.15) is 12.2 Å². The van der Waals surface area contributed by atoms with Crippen LogP contribution in [-0.4, -0.2) is 38.9 Å². The van der Waals surface area contributed by atoms with E-state index in [9.17, 15) is 0 Å². The van der Waals surface area contributed by atoms with E-state index in [0.717, 1.165) is 24.0 Å². The van der Waals surface area contributed by atoms with Crippen molar-refractivity contribution >= 4 is 11.8 Å². The summed E-state index contributed by atoms with van der Waals surface area (Å²) in [6.45, 7) is 3.02. The van der Waals surface area contributed by atoms with E-state index in [2.05, 4.69) is 41.1 Å². The Morgan fingerprint density at radius 1 is 1.42 bits per heavy atom. The molecule has 1 unspecified atom stereocenters. The van der Waals surface area contributed by atoms with Gasteiger partial charge in [-0.1, -0.05) is 19.3 Å². The third-order valence-electron chi connectivity index (χ3n) is 3.92. The lowest BCUT2D eigenvalue weighted by atomic mass is 10.0. The maximum Gasteiger partial charge on any atom is 0.138 e. The predicted molar refractivity (Wildman–Crippen MR) is 81.6 cm³/mol. The maximum absolute atomic E-state index is 4.37. The first-order valence-electron chi connectivity index (χ1n) is 7.49. The topological polar surface area (TPSA) is 42.7 Å². The van der Waals surface area contributed by atoms with Gasteiger partial charge in [0.2, 0.25) is 0 Å². The van der Waals surface area contributed by atoms with Crippen LogP contribution in [0.4, 0.5) is 0 Å². The van der Waals surface area contributed by atoms with E-state index in [1.54, 1.807) is 6.33 Å². The molecule has 1 aliphatic rings. The average molecular weight is 282 g/mol. The molecule has 0 saturated heterocycles. The summed E-state index contributed by atoms with van der Waals surface area (Å²) < 4.78 is 2.00. The first-order valence-corrected chi connectivity index (χ1v) is 8.54. The van der Waals surface area contributed by atoms with Gasteiger partial charge in [0, 0.05) is 30.0 Å². The maximum atomic E-state index is 4.37. The van der Waals surface area contributed by atoms with Crippen LogP contribution in [0.2, 0.25) is 0 Å². The molecule has 1 heterocycles. The number of rotatable bonds is 7. The van der Waals surface area contributed by atoms with Crippen LogP contribution in [0.3, 0.4) is 0 Å². The van der Waals surface area contributed by atoms with Crippen molar-refractivity contribution in [3.8, 4) is 0 Å². The van der Waals surface area contributed by atoms with Gasteiger partial charge in [-0.15, -0.1) is 0 Å². The average Bonchev–Trinajstić information content (AvgIpc) is 2.91. The number of aryl methyl sites for hydroxylation is 1. The fraction of sp³-hybridized carbons (Fsp3) is 0.857. The Balaban J connectivity index is 1.79. The lowest BCUT2D eigenvalue weighted by molar-refractivity contribution is 0.512. The van der Waals surface area contributed by atoms with Gasteiger partial charge < -0.3 is 5.32 Å². The standard InChI is InChI=1S/C14H26N4S/c1-3-18-14(16-11-17-18)9-12(15-2)10-19-13-7-5-4-6-8-13/h11-13,15H,3-10H2,1-2H3. The molecule has 0 aromatic carbocycles. The zero-order chi connectivity index (χ0) is 13.5. The van der Waals surface area contributed by atoms with Crippen LogP contribution < -0.4 is 5.32 Å². The van der Waals surface area contributed by atoms with Gasteiger partial charge in [0.05, 0.1) is 0 Å². The molecule has 0 bridgehead atoms. The summed E-state index contributed by atoms with van der Waals surface area (Å²) in [5.74, 6) is 2.28. The van der Waals surface area contributed by atoms with E-state index in [1.165, 1.54) is 37.9 Å². The van der Waals surface area contributed by atoms with Crippen molar-refractivity contribution in [2.24, 2.45) is 0 Å². The Morgan fingerprint density at radius 2 is 2.21 bits per heavy atom. The molecule has 0 aliphatic heterocycles. The molecule has 1 N–H and O–H groups in total. The van der Waals surface area contributed by atoms with Crippen molar-refractivity contribution in [3.05, 3.63) is 12.2 Å². The molecule has 2 rings (SSSR count). The highest BCUT2D eigenvalue weighted by atomic mass is 32.2. The fourth-order valence-corrected chi connectivity index (χ4v) is 4.11. The van der Waals surface area contributed by atoms with E-state index >= 15 is 0 Å². The van der Waals surface area contributed by atoms with Crippen LogP contribution in [0.25, 0.3) is 0 Å². The molecular formula is C14H26N4S. The highest BCUT2D eigenvalue weighted by Gasteiger charge is 2.17. The Morgan fingerprint density at radius 3 is 2.89 bits per heavy atom. The third-order valence-corrected chi connectivity index (χ3v) is 5.46. The summed E-state index contributed by atoms with van der Waals surface area (Å²) >= 11 is 2.15. The first-order chi connectivity index (χ1) is 9.33. The van der Waals surface area contributed by atoms with Gasteiger partial charge >= 0.3 is 0 Å². The second-order valence-corrected chi connectivity index (χ2v) is 6.61. The second kappa shape index (κ2) is 7.90. The molecule has 1 aliphatic carbocycles. The zero-order valence-corrected chi connectivity index (χ0v) is 13.0. The molecule has 0 amide bonds. The number of nitrogens with one attached hydrogen (secondary N) is 1. The van der Waals surface area contributed by atoms with Crippen LogP contribution in [0.5, 0.6) is 0 Å². The largest absolute Gasteiger partial charge is 0.316 e. The van der Waals surface area contributed by atoms with E-state index in [0.29, 0.717) is 6.04 Å². The Bertz CT molecular complexity index is 360. The van der Waals surface area contributed by atoms with Crippen LogP contribution in [-0.2, 0) is 13.0 Å². The SMILES string of the molecule is CCn1ncnc1CC(CSC1CCCCC1)NC. The number of likely N-dealkylation sites (N-methyl/N-ethyl adjacent to an activating group) is 1. The second-order valence-electron chi connectivity index (χ2n) is 5.28. The number of aromatic nitrogens is 3. The molecule has 108 valence electrons. The summed E-state index contributed by atoms with van der Waals surface area (Å²) in [5.41, 5.74) is 0. The van der Waals surface area contributed by atoms with Gasteiger partial charge in [-0.3, -0.25) is 4.68 Å². The number of nitrogens with zero attached hydrogens (tertiary/aromatic N) is 3. The summed E-state index contributed by atoms with van der Waals surface area (Å²) in [6.07, 6.45) is 9.74. The van der Waals surface area contributed by atoms with E-state index in [-0.39, 0.29) is 0 Å². The van der Waals surface area contributed by atoms with Crippen molar-refractivity contribution < 1.29 is 0 Å².